The van der Waals surface area contributed by atoms with Crippen LogP contribution >= 0.6 is 0 Å². The van der Waals surface area contributed by atoms with Gasteiger partial charge in [0.25, 0.3) is 0 Å². The van der Waals surface area contributed by atoms with E-state index in [0.29, 0.717) is 5.54 Å². The second-order valence-electron chi connectivity index (χ2n) is 4.06. The average molecular weight is 175 g/mol. The normalized spacial score (nSPS) is 31.7. The molecule has 0 radical (unpaired) electrons. The molecule has 1 aromatic rings. The van der Waals surface area contributed by atoms with Crippen molar-refractivity contribution in [2.24, 2.45) is 0 Å². The molecule has 2 atom stereocenters. The lowest BCUT2D eigenvalue weighted by atomic mass is 10.0. The summed E-state index contributed by atoms with van der Waals surface area (Å²) in [6.45, 7) is 7.03. The summed E-state index contributed by atoms with van der Waals surface area (Å²) in [6, 6.07) is 10.8. The van der Waals surface area contributed by atoms with E-state index in [0.717, 1.165) is 0 Å². The van der Waals surface area contributed by atoms with Crippen LogP contribution in [0.1, 0.15) is 25.8 Å². The summed E-state index contributed by atoms with van der Waals surface area (Å²) in [6.07, 6.45) is 1.25. The Morgan fingerprint density at radius 1 is 1.31 bits per heavy atom. The molecule has 2 rings (SSSR count). The van der Waals surface area contributed by atoms with Gasteiger partial charge in [-0.15, -0.1) is 0 Å². The summed E-state index contributed by atoms with van der Waals surface area (Å²) in [5.74, 6) is 0. The van der Waals surface area contributed by atoms with E-state index in [-0.39, 0.29) is 0 Å². The van der Waals surface area contributed by atoms with Gasteiger partial charge < -0.3 is 0 Å². The highest BCUT2D eigenvalue weighted by Gasteiger charge is 2.47. The van der Waals surface area contributed by atoms with Gasteiger partial charge in [0.2, 0.25) is 0 Å². The fourth-order valence-corrected chi connectivity index (χ4v) is 2.00. The summed E-state index contributed by atoms with van der Waals surface area (Å²) in [7, 11) is 0. The van der Waals surface area contributed by atoms with E-state index in [9.17, 15) is 0 Å². The first-order valence-corrected chi connectivity index (χ1v) is 5.08. The summed E-state index contributed by atoms with van der Waals surface area (Å²) in [5.41, 5.74) is 1.81. The molecule has 0 saturated carbocycles. The van der Waals surface area contributed by atoms with E-state index in [4.69, 9.17) is 0 Å². The zero-order valence-corrected chi connectivity index (χ0v) is 8.46. The SMILES string of the molecule is CCCN1CC1(C)c1ccccc1. The van der Waals surface area contributed by atoms with Crippen molar-refractivity contribution in [3.05, 3.63) is 35.9 Å². The van der Waals surface area contributed by atoms with E-state index in [2.05, 4.69) is 49.1 Å². The molecule has 1 heteroatoms. The number of hydrogen-bond acceptors (Lipinski definition) is 1. The molecule has 13 heavy (non-hydrogen) atoms. The van der Waals surface area contributed by atoms with Gasteiger partial charge in [-0.1, -0.05) is 37.3 Å². The smallest absolute Gasteiger partial charge is 0.0561 e. The number of hydrogen-bond donors (Lipinski definition) is 0. The molecule has 2 unspecified atom stereocenters. The molecule has 1 saturated heterocycles. The Kier molecular flexibility index (Phi) is 2.12. The highest BCUT2D eigenvalue weighted by molar-refractivity contribution is 5.29. The standard InChI is InChI=1S/C12H17N/c1-3-9-13-10-12(13,2)11-7-5-4-6-8-11/h4-8H,3,9-10H2,1-2H3. The molecule has 1 aliphatic rings. The van der Waals surface area contributed by atoms with Crippen molar-refractivity contribution in [2.75, 3.05) is 13.1 Å². The van der Waals surface area contributed by atoms with Crippen LogP contribution in [0.2, 0.25) is 0 Å². The molecule has 1 aliphatic heterocycles. The summed E-state index contributed by atoms with van der Waals surface area (Å²) >= 11 is 0. The van der Waals surface area contributed by atoms with Crippen molar-refractivity contribution in [1.82, 2.24) is 4.90 Å². The molecular weight excluding hydrogens is 158 g/mol. The molecule has 0 N–H and O–H groups in total. The predicted molar refractivity (Wildman–Crippen MR) is 55.7 cm³/mol. The first kappa shape index (κ1) is 8.76. The monoisotopic (exact) mass is 175 g/mol. The topological polar surface area (TPSA) is 3.01 Å². The van der Waals surface area contributed by atoms with Crippen LogP contribution in [0.3, 0.4) is 0 Å². The van der Waals surface area contributed by atoms with Crippen molar-refractivity contribution < 1.29 is 0 Å². The second-order valence-corrected chi connectivity index (χ2v) is 4.06. The van der Waals surface area contributed by atoms with Crippen LogP contribution in [0.4, 0.5) is 0 Å². The maximum atomic E-state index is 2.53. The molecule has 0 aliphatic carbocycles. The zero-order valence-electron chi connectivity index (χ0n) is 8.46. The summed E-state index contributed by atoms with van der Waals surface area (Å²) in [5, 5.41) is 0. The molecule has 70 valence electrons. The lowest BCUT2D eigenvalue weighted by Gasteiger charge is -2.11. The van der Waals surface area contributed by atoms with Gasteiger partial charge in [0, 0.05) is 6.54 Å². The van der Waals surface area contributed by atoms with Crippen LogP contribution in [0.5, 0.6) is 0 Å². The van der Waals surface area contributed by atoms with Gasteiger partial charge in [-0.25, -0.2) is 0 Å². The number of rotatable bonds is 3. The molecule has 0 spiro atoms. The van der Waals surface area contributed by atoms with Crippen LogP contribution < -0.4 is 0 Å². The second kappa shape index (κ2) is 3.15. The van der Waals surface area contributed by atoms with E-state index in [1.807, 2.05) is 0 Å². The van der Waals surface area contributed by atoms with Crippen molar-refractivity contribution in [3.8, 4) is 0 Å². The van der Waals surface area contributed by atoms with Gasteiger partial charge in [-0.05, 0) is 25.5 Å². The Bertz CT molecular complexity index is 280. The molecule has 1 nitrogen and oxygen atoms in total. The molecule has 1 fully saturated rings. The minimum atomic E-state index is 0.345. The van der Waals surface area contributed by atoms with Crippen LogP contribution in [0.15, 0.2) is 30.3 Å². The Hall–Kier alpha value is -0.820. The van der Waals surface area contributed by atoms with E-state index < -0.39 is 0 Å². The van der Waals surface area contributed by atoms with E-state index in [1.165, 1.54) is 25.1 Å². The highest BCUT2D eigenvalue weighted by Crippen LogP contribution is 2.41. The van der Waals surface area contributed by atoms with E-state index >= 15 is 0 Å². The first-order valence-electron chi connectivity index (χ1n) is 5.08. The summed E-state index contributed by atoms with van der Waals surface area (Å²) in [4.78, 5) is 2.53. The van der Waals surface area contributed by atoms with Crippen LogP contribution in [-0.4, -0.2) is 18.0 Å². The minimum Gasteiger partial charge on any atom is -0.290 e. The molecule has 1 aromatic carbocycles. The molecule has 1 heterocycles. The third-order valence-electron chi connectivity index (χ3n) is 2.98. The molecule has 0 bridgehead atoms. The van der Waals surface area contributed by atoms with Gasteiger partial charge >= 0.3 is 0 Å². The van der Waals surface area contributed by atoms with Crippen molar-refractivity contribution >= 4 is 0 Å². The predicted octanol–water partition coefficient (Wildman–Crippen LogP) is 2.63. The quantitative estimate of drug-likeness (QED) is 0.638. The maximum Gasteiger partial charge on any atom is 0.0561 e. The van der Waals surface area contributed by atoms with Gasteiger partial charge in [0.1, 0.15) is 0 Å². The van der Waals surface area contributed by atoms with E-state index in [1.54, 1.807) is 0 Å². The molecule has 0 amide bonds. The largest absolute Gasteiger partial charge is 0.290 e. The zero-order chi connectivity index (χ0) is 9.31. The maximum absolute atomic E-state index is 2.53. The van der Waals surface area contributed by atoms with Gasteiger partial charge in [-0.2, -0.15) is 0 Å². The molecule has 0 aromatic heterocycles. The lowest BCUT2D eigenvalue weighted by molar-refractivity contribution is 0.433. The number of nitrogens with zero attached hydrogens (tertiary/aromatic N) is 1. The summed E-state index contributed by atoms with van der Waals surface area (Å²) < 4.78 is 0. The Labute approximate surface area is 80.4 Å². The number of benzene rings is 1. The van der Waals surface area contributed by atoms with Gasteiger partial charge in [-0.3, -0.25) is 4.90 Å². The van der Waals surface area contributed by atoms with Crippen LogP contribution in [-0.2, 0) is 5.54 Å². The Morgan fingerprint density at radius 3 is 2.62 bits per heavy atom. The van der Waals surface area contributed by atoms with Gasteiger partial charge in [0.05, 0.1) is 5.54 Å². The Morgan fingerprint density at radius 2 is 2.00 bits per heavy atom. The third-order valence-corrected chi connectivity index (χ3v) is 2.98. The van der Waals surface area contributed by atoms with Crippen LogP contribution in [0.25, 0.3) is 0 Å². The fourth-order valence-electron chi connectivity index (χ4n) is 2.00. The van der Waals surface area contributed by atoms with Crippen molar-refractivity contribution in [1.29, 1.82) is 0 Å². The first-order chi connectivity index (χ1) is 6.27. The lowest BCUT2D eigenvalue weighted by Crippen LogP contribution is -2.12. The molecular formula is C12H17N. The minimum absolute atomic E-state index is 0.345. The third kappa shape index (κ3) is 1.49. The average Bonchev–Trinajstić information content (AvgIpc) is 2.81. The van der Waals surface area contributed by atoms with Crippen molar-refractivity contribution in [2.45, 2.75) is 25.8 Å². The van der Waals surface area contributed by atoms with Crippen molar-refractivity contribution in [3.63, 3.8) is 0 Å². The highest BCUT2D eigenvalue weighted by atomic mass is 15.3. The Balaban J connectivity index is 2.11. The van der Waals surface area contributed by atoms with Gasteiger partial charge in [0.15, 0.2) is 0 Å². The van der Waals surface area contributed by atoms with Crippen LogP contribution in [0, 0.1) is 0 Å². The fraction of sp³-hybridized carbons (Fsp3) is 0.500.